The van der Waals surface area contributed by atoms with Crippen LogP contribution in [0, 0.1) is 0 Å². The summed E-state index contributed by atoms with van der Waals surface area (Å²) in [7, 11) is 1.65. The first-order valence-electron chi connectivity index (χ1n) is 13.3. The molecule has 3 aliphatic rings. The second-order valence-corrected chi connectivity index (χ2v) is 10.1. The highest BCUT2D eigenvalue weighted by Gasteiger charge is 2.42. The lowest BCUT2D eigenvalue weighted by molar-refractivity contribution is 0.102. The maximum absolute atomic E-state index is 13.8. The number of anilines is 3. The van der Waals surface area contributed by atoms with Crippen molar-refractivity contribution in [3.05, 3.63) is 41.7 Å². The molecule has 0 radical (unpaired) electrons. The Kier molecular flexibility index (Phi) is 6.88. The average Bonchev–Trinajstić information content (AvgIpc) is 3.49. The lowest BCUT2D eigenvalue weighted by Gasteiger charge is -2.38. The summed E-state index contributed by atoms with van der Waals surface area (Å²) in [6, 6.07) is 7.71. The van der Waals surface area contributed by atoms with Gasteiger partial charge < -0.3 is 35.1 Å². The molecule has 12 nitrogen and oxygen atoms in total. The predicted molar refractivity (Wildman–Crippen MR) is 148 cm³/mol. The van der Waals surface area contributed by atoms with Gasteiger partial charge in [-0.2, -0.15) is 4.98 Å². The second kappa shape index (κ2) is 10.6. The van der Waals surface area contributed by atoms with E-state index in [0.717, 1.165) is 12.8 Å². The molecule has 39 heavy (non-hydrogen) atoms. The summed E-state index contributed by atoms with van der Waals surface area (Å²) in [4.78, 5) is 36.1. The van der Waals surface area contributed by atoms with E-state index in [1.54, 1.807) is 37.5 Å². The van der Waals surface area contributed by atoms with Crippen molar-refractivity contribution in [1.29, 1.82) is 0 Å². The number of amides is 1. The zero-order valence-electron chi connectivity index (χ0n) is 21.8. The Morgan fingerprint density at radius 3 is 2.67 bits per heavy atom. The van der Waals surface area contributed by atoms with E-state index in [0.29, 0.717) is 84.9 Å². The molecule has 3 saturated heterocycles. The molecule has 6 heterocycles. The Balaban J connectivity index is 1.38. The fourth-order valence-corrected chi connectivity index (χ4v) is 5.77. The Labute approximate surface area is 225 Å². The molecular weight excluding hydrogens is 500 g/mol. The molecule has 3 aromatic rings. The molecule has 0 aliphatic carbocycles. The smallest absolute Gasteiger partial charge is 0.300 e. The van der Waals surface area contributed by atoms with Crippen molar-refractivity contribution in [1.82, 2.24) is 15.0 Å². The van der Waals surface area contributed by atoms with Crippen molar-refractivity contribution in [2.24, 2.45) is 10.7 Å². The number of fused-ring (bicyclic) bond motifs is 3. The number of morpholine rings is 1. The Bertz CT molecular complexity index is 1420. The number of nitrogens with one attached hydrogen (secondary N) is 1. The molecule has 2 bridgehead atoms. The molecule has 4 N–H and O–H groups in total. The minimum Gasteiger partial charge on any atom is -0.422 e. The number of carbonyl (C=O) groups is 1. The van der Waals surface area contributed by atoms with Gasteiger partial charge >= 0.3 is 0 Å². The highest BCUT2D eigenvalue weighted by atomic mass is 16.5. The Morgan fingerprint density at radius 1 is 1.18 bits per heavy atom. The van der Waals surface area contributed by atoms with Crippen molar-refractivity contribution in [2.45, 2.75) is 43.9 Å². The molecule has 6 rings (SSSR count). The number of aliphatic imine (C=N–C) groups is 1. The van der Waals surface area contributed by atoms with Crippen LogP contribution < -0.4 is 20.9 Å². The zero-order chi connectivity index (χ0) is 26.9. The van der Waals surface area contributed by atoms with Crippen LogP contribution in [0.3, 0.4) is 0 Å². The summed E-state index contributed by atoms with van der Waals surface area (Å²) in [5.74, 6) is 0.565. The molecule has 1 amide bonds. The van der Waals surface area contributed by atoms with E-state index in [2.05, 4.69) is 25.2 Å². The minimum atomic E-state index is -0.360. The van der Waals surface area contributed by atoms with Gasteiger partial charge in [-0.1, -0.05) is 6.07 Å². The van der Waals surface area contributed by atoms with Gasteiger partial charge in [0.2, 0.25) is 5.65 Å². The number of nitrogens with zero attached hydrogens (tertiary/aromatic N) is 6. The molecule has 3 fully saturated rings. The van der Waals surface area contributed by atoms with E-state index in [-0.39, 0.29) is 24.1 Å². The monoisotopic (exact) mass is 532 g/mol. The summed E-state index contributed by atoms with van der Waals surface area (Å²) < 4.78 is 11.5. The SMILES string of the molecule is CN=CC(=CN)c1cccc(NC(=O)c2cc3oc(N4CCOCC4)nc3nc2N2C3CCC2CC(O)C3)n1. The maximum atomic E-state index is 13.8. The van der Waals surface area contributed by atoms with E-state index in [9.17, 15) is 9.90 Å². The first kappa shape index (κ1) is 25.3. The van der Waals surface area contributed by atoms with Crippen LogP contribution in [0.5, 0.6) is 0 Å². The van der Waals surface area contributed by atoms with Gasteiger partial charge in [0.1, 0.15) is 11.6 Å². The first-order chi connectivity index (χ1) is 19.0. The van der Waals surface area contributed by atoms with Crippen molar-refractivity contribution < 1.29 is 19.1 Å². The first-order valence-corrected chi connectivity index (χ1v) is 13.3. The number of piperidine rings is 1. The van der Waals surface area contributed by atoms with Gasteiger partial charge in [-0.25, -0.2) is 9.97 Å². The van der Waals surface area contributed by atoms with Gasteiger partial charge in [-0.3, -0.25) is 9.79 Å². The standard InChI is InChI=1S/C27H32N8O4/c1-29-15-16(14-28)21-3-2-4-23(30-21)31-26(37)20-13-22-24(33-27(39-22)34-7-9-38-10-8-34)32-25(20)35-17-5-6-18(35)12-19(36)11-17/h2-4,13-15,17-19,36H,5-12,28H2,1H3,(H,30,31,37). The summed E-state index contributed by atoms with van der Waals surface area (Å²) in [6.45, 7) is 2.54. The van der Waals surface area contributed by atoms with Crippen LogP contribution in [0.4, 0.5) is 17.7 Å². The summed E-state index contributed by atoms with van der Waals surface area (Å²) in [5.41, 5.74) is 8.23. The zero-order valence-corrected chi connectivity index (χ0v) is 21.8. The van der Waals surface area contributed by atoms with E-state index in [1.807, 2.05) is 4.90 Å². The number of rotatable bonds is 6. The molecular formula is C27H32N8O4. The van der Waals surface area contributed by atoms with Crippen molar-refractivity contribution in [2.75, 3.05) is 48.5 Å². The summed E-state index contributed by atoms with van der Waals surface area (Å²) >= 11 is 0. The fraction of sp³-hybridized carbons (Fsp3) is 0.444. The maximum Gasteiger partial charge on any atom is 0.300 e. The highest BCUT2D eigenvalue weighted by Crippen LogP contribution is 2.41. The van der Waals surface area contributed by atoms with Crippen molar-refractivity contribution >= 4 is 46.6 Å². The number of oxazole rings is 1. The second-order valence-electron chi connectivity index (χ2n) is 10.1. The largest absolute Gasteiger partial charge is 0.422 e. The third-order valence-electron chi connectivity index (χ3n) is 7.56. The molecule has 0 saturated carbocycles. The van der Waals surface area contributed by atoms with Crippen LogP contribution in [0.1, 0.15) is 41.7 Å². The van der Waals surface area contributed by atoms with E-state index < -0.39 is 0 Å². The number of pyridine rings is 2. The van der Waals surface area contributed by atoms with Crippen molar-refractivity contribution in [3.63, 3.8) is 0 Å². The number of aliphatic hydroxyl groups excluding tert-OH is 1. The molecule has 2 unspecified atom stereocenters. The van der Waals surface area contributed by atoms with E-state index >= 15 is 0 Å². The van der Waals surface area contributed by atoms with Crippen LogP contribution in [0.25, 0.3) is 16.8 Å². The molecule has 3 aliphatic heterocycles. The molecule has 0 aromatic carbocycles. The number of aromatic nitrogens is 3. The third kappa shape index (κ3) is 4.92. The van der Waals surface area contributed by atoms with Crippen LogP contribution in [0.15, 0.2) is 39.9 Å². The Hall–Kier alpha value is -4.03. The van der Waals surface area contributed by atoms with Gasteiger partial charge in [0.15, 0.2) is 5.58 Å². The highest BCUT2D eigenvalue weighted by molar-refractivity contribution is 6.10. The number of nitrogens with two attached hydrogens (primary N) is 1. The third-order valence-corrected chi connectivity index (χ3v) is 7.56. The van der Waals surface area contributed by atoms with E-state index in [4.69, 9.17) is 19.9 Å². The van der Waals surface area contributed by atoms with Crippen LogP contribution >= 0.6 is 0 Å². The fourth-order valence-electron chi connectivity index (χ4n) is 5.77. The van der Waals surface area contributed by atoms with Crippen LogP contribution in [-0.2, 0) is 4.74 Å². The minimum absolute atomic E-state index is 0.105. The lowest BCUT2D eigenvalue weighted by atomic mass is 9.99. The number of hydrogen-bond donors (Lipinski definition) is 3. The molecule has 0 spiro atoms. The number of ether oxygens (including phenoxy) is 1. The van der Waals surface area contributed by atoms with Gasteiger partial charge in [0, 0.05) is 56.3 Å². The molecule has 2 atom stereocenters. The number of allylic oxidation sites excluding steroid dienone is 1. The lowest BCUT2D eigenvalue weighted by Crippen LogP contribution is -2.46. The van der Waals surface area contributed by atoms with E-state index in [1.165, 1.54) is 6.20 Å². The van der Waals surface area contributed by atoms with Gasteiger partial charge in [0.05, 0.1) is 30.6 Å². The molecule has 204 valence electrons. The number of hydrogen-bond acceptors (Lipinski definition) is 11. The van der Waals surface area contributed by atoms with Crippen LogP contribution in [-0.4, -0.2) is 83.7 Å². The topological polar surface area (TPSA) is 155 Å². The number of carbonyl (C=O) groups excluding carboxylic acids is 1. The van der Waals surface area contributed by atoms with Crippen molar-refractivity contribution in [3.8, 4) is 0 Å². The molecule has 3 aromatic heterocycles. The van der Waals surface area contributed by atoms with Gasteiger partial charge in [-0.15, -0.1) is 0 Å². The van der Waals surface area contributed by atoms with Gasteiger partial charge in [0.25, 0.3) is 11.9 Å². The van der Waals surface area contributed by atoms with Crippen LogP contribution in [0.2, 0.25) is 0 Å². The van der Waals surface area contributed by atoms with Gasteiger partial charge in [-0.05, 0) is 37.8 Å². The molecule has 12 heteroatoms. The number of aliphatic hydroxyl groups is 1. The normalized spacial score (nSPS) is 23.6. The quantitative estimate of drug-likeness (QED) is 0.402. The Morgan fingerprint density at radius 2 is 1.95 bits per heavy atom. The average molecular weight is 533 g/mol. The summed E-state index contributed by atoms with van der Waals surface area (Å²) in [5, 5.41) is 13.3. The predicted octanol–water partition coefficient (Wildman–Crippen LogP) is 2.20. The summed E-state index contributed by atoms with van der Waals surface area (Å²) in [6.07, 6.45) is 5.86.